The van der Waals surface area contributed by atoms with Crippen LogP contribution in [0.3, 0.4) is 0 Å². The Balaban J connectivity index is 0.000000165. The zero-order valence-electron chi connectivity index (χ0n) is 17.8. The van der Waals surface area contributed by atoms with E-state index in [4.69, 9.17) is 29.0 Å². The molecule has 0 bridgehead atoms. The molecule has 0 radical (unpaired) electrons. The Morgan fingerprint density at radius 1 is 0.750 bits per heavy atom. The predicted octanol–water partition coefficient (Wildman–Crippen LogP) is 2.06. The van der Waals surface area contributed by atoms with Crippen LogP contribution in [0.4, 0.5) is 0 Å². The van der Waals surface area contributed by atoms with Crippen LogP contribution in [0.2, 0.25) is 0 Å². The molecular formula is C24H25BO7. The lowest BCUT2D eigenvalue weighted by atomic mass is 9.80. The molecule has 0 saturated heterocycles. The molecule has 0 amide bonds. The summed E-state index contributed by atoms with van der Waals surface area (Å²) in [5.41, 5.74) is 4.65. The van der Waals surface area contributed by atoms with Crippen molar-refractivity contribution >= 4 is 12.6 Å². The van der Waals surface area contributed by atoms with E-state index in [1.807, 2.05) is 37.3 Å². The van der Waals surface area contributed by atoms with E-state index in [1.54, 1.807) is 18.2 Å². The molecule has 2 aliphatic heterocycles. The van der Waals surface area contributed by atoms with Crippen molar-refractivity contribution in [3.8, 4) is 34.1 Å². The third kappa shape index (κ3) is 4.83. The first-order chi connectivity index (χ1) is 15.6. The highest BCUT2D eigenvalue weighted by molar-refractivity contribution is 6.58. The Hall–Kier alpha value is -3.20. The average molecular weight is 436 g/mol. The van der Waals surface area contributed by atoms with E-state index in [1.165, 1.54) is 0 Å². The Kier molecular flexibility index (Phi) is 6.85. The minimum absolute atomic E-state index is 0.0597. The van der Waals surface area contributed by atoms with Gasteiger partial charge in [-0.3, -0.25) is 0 Å². The Morgan fingerprint density at radius 2 is 1.34 bits per heavy atom. The predicted molar refractivity (Wildman–Crippen MR) is 121 cm³/mol. The highest BCUT2D eigenvalue weighted by Gasteiger charge is 2.17. The van der Waals surface area contributed by atoms with Gasteiger partial charge in [-0.25, -0.2) is 0 Å². The summed E-state index contributed by atoms with van der Waals surface area (Å²) in [6.45, 7) is 4.31. The second-order valence-corrected chi connectivity index (χ2v) is 7.38. The molecular weight excluding hydrogens is 411 g/mol. The molecule has 0 aromatic heterocycles. The van der Waals surface area contributed by atoms with Gasteiger partial charge in [0.05, 0.1) is 6.61 Å². The van der Waals surface area contributed by atoms with Gasteiger partial charge in [0.2, 0.25) is 0 Å². The molecule has 7 nitrogen and oxygen atoms in total. The summed E-state index contributed by atoms with van der Waals surface area (Å²) in [6.07, 6.45) is 0. The van der Waals surface area contributed by atoms with Gasteiger partial charge in [0.15, 0.2) is 23.0 Å². The van der Waals surface area contributed by atoms with Crippen LogP contribution < -0.4 is 24.4 Å². The van der Waals surface area contributed by atoms with Crippen molar-refractivity contribution in [3.05, 3.63) is 65.7 Å². The van der Waals surface area contributed by atoms with E-state index in [9.17, 15) is 5.11 Å². The molecule has 2 heterocycles. The second-order valence-electron chi connectivity index (χ2n) is 7.38. The van der Waals surface area contributed by atoms with Gasteiger partial charge >= 0.3 is 7.12 Å². The van der Waals surface area contributed by atoms with Gasteiger partial charge in [-0.15, -0.1) is 0 Å². The molecule has 2 aliphatic rings. The maximum atomic E-state index is 9.34. The van der Waals surface area contributed by atoms with Crippen molar-refractivity contribution < 1.29 is 34.1 Å². The van der Waals surface area contributed by atoms with Crippen LogP contribution in [0.5, 0.6) is 23.0 Å². The number of fused-ring (bicyclic) bond motifs is 2. The van der Waals surface area contributed by atoms with E-state index in [2.05, 4.69) is 6.07 Å². The van der Waals surface area contributed by atoms with Crippen molar-refractivity contribution in [2.75, 3.05) is 26.4 Å². The number of benzene rings is 3. The van der Waals surface area contributed by atoms with Gasteiger partial charge in [0.25, 0.3) is 0 Å². The fraction of sp³-hybridized carbons (Fsp3) is 0.250. The van der Waals surface area contributed by atoms with E-state index in [0.29, 0.717) is 43.4 Å². The van der Waals surface area contributed by atoms with Crippen LogP contribution in [0, 0.1) is 6.92 Å². The first-order valence-corrected chi connectivity index (χ1v) is 10.4. The van der Waals surface area contributed by atoms with Gasteiger partial charge in [-0.2, -0.15) is 0 Å². The van der Waals surface area contributed by atoms with E-state index in [0.717, 1.165) is 33.8 Å². The van der Waals surface area contributed by atoms with Crippen LogP contribution >= 0.6 is 0 Å². The van der Waals surface area contributed by atoms with E-state index < -0.39 is 7.12 Å². The molecule has 0 unspecified atom stereocenters. The zero-order chi connectivity index (χ0) is 22.5. The Morgan fingerprint density at radius 3 is 1.97 bits per heavy atom. The van der Waals surface area contributed by atoms with Crippen LogP contribution in [0.15, 0.2) is 54.6 Å². The molecule has 166 valence electrons. The summed E-state index contributed by atoms with van der Waals surface area (Å²) in [5, 5.41) is 27.1. The first kappa shape index (κ1) is 22.0. The highest BCUT2D eigenvalue weighted by atomic mass is 16.6. The summed E-state index contributed by atoms with van der Waals surface area (Å²) < 4.78 is 21.7. The summed E-state index contributed by atoms with van der Waals surface area (Å²) in [4.78, 5) is 0. The summed E-state index contributed by atoms with van der Waals surface area (Å²) in [7, 11) is -1.46. The van der Waals surface area contributed by atoms with Crippen LogP contribution in [-0.2, 0) is 6.61 Å². The topological polar surface area (TPSA) is 97.6 Å². The molecule has 0 atom stereocenters. The molecule has 3 aromatic carbocycles. The van der Waals surface area contributed by atoms with E-state index >= 15 is 0 Å². The monoisotopic (exact) mass is 436 g/mol. The maximum Gasteiger partial charge on any atom is 0.488 e. The van der Waals surface area contributed by atoms with Crippen LogP contribution in [0.25, 0.3) is 11.1 Å². The number of rotatable bonds is 3. The minimum Gasteiger partial charge on any atom is -0.486 e. The Labute approximate surface area is 186 Å². The third-order valence-electron chi connectivity index (χ3n) is 5.33. The van der Waals surface area contributed by atoms with Gasteiger partial charge in [-0.05, 0) is 58.9 Å². The molecule has 0 aliphatic carbocycles. The molecule has 3 N–H and O–H groups in total. The summed E-state index contributed by atoms with van der Waals surface area (Å²) in [6, 6.07) is 16.8. The highest BCUT2D eigenvalue weighted by Crippen LogP contribution is 2.36. The molecule has 3 aromatic rings. The Bertz CT molecular complexity index is 1080. The third-order valence-corrected chi connectivity index (χ3v) is 5.33. The van der Waals surface area contributed by atoms with Crippen molar-refractivity contribution in [1.29, 1.82) is 0 Å². The van der Waals surface area contributed by atoms with Gasteiger partial charge in [0, 0.05) is 0 Å². The van der Waals surface area contributed by atoms with Gasteiger partial charge < -0.3 is 34.1 Å². The number of aliphatic hydroxyl groups excluding tert-OH is 1. The number of hydrogen-bond acceptors (Lipinski definition) is 7. The SMILES string of the molecule is Cc1c(CO)cccc1-c1ccc2c(c1)OCCO2.OB(O)c1ccc2c(c1)OCCO2. The van der Waals surface area contributed by atoms with Crippen LogP contribution in [-0.4, -0.2) is 48.7 Å². The first-order valence-electron chi connectivity index (χ1n) is 10.4. The molecule has 0 fully saturated rings. The molecule has 0 saturated carbocycles. The maximum absolute atomic E-state index is 9.34. The van der Waals surface area contributed by atoms with Gasteiger partial charge in [-0.1, -0.05) is 30.3 Å². The number of hydrogen-bond donors (Lipinski definition) is 3. The zero-order valence-corrected chi connectivity index (χ0v) is 17.8. The summed E-state index contributed by atoms with van der Waals surface area (Å²) >= 11 is 0. The minimum atomic E-state index is -1.46. The van der Waals surface area contributed by atoms with Crippen molar-refractivity contribution in [2.45, 2.75) is 13.5 Å². The molecule has 8 heteroatoms. The van der Waals surface area contributed by atoms with E-state index in [-0.39, 0.29) is 6.61 Å². The van der Waals surface area contributed by atoms with Gasteiger partial charge in [0.1, 0.15) is 26.4 Å². The normalized spacial score (nSPS) is 13.6. The number of aliphatic hydroxyl groups is 1. The molecule has 32 heavy (non-hydrogen) atoms. The lowest BCUT2D eigenvalue weighted by Crippen LogP contribution is -2.30. The van der Waals surface area contributed by atoms with Crippen molar-refractivity contribution in [3.63, 3.8) is 0 Å². The summed E-state index contributed by atoms with van der Waals surface area (Å²) in [5.74, 6) is 2.80. The molecule has 5 rings (SSSR count). The fourth-order valence-electron chi connectivity index (χ4n) is 3.60. The largest absolute Gasteiger partial charge is 0.488 e. The smallest absolute Gasteiger partial charge is 0.486 e. The lowest BCUT2D eigenvalue weighted by molar-refractivity contribution is 0.171. The fourth-order valence-corrected chi connectivity index (χ4v) is 3.60. The second kappa shape index (κ2) is 9.95. The lowest BCUT2D eigenvalue weighted by Gasteiger charge is -2.19. The van der Waals surface area contributed by atoms with Crippen molar-refractivity contribution in [2.24, 2.45) is 0 Å². The quantitative estimate of drug-likeness (QED) is 0.541. The standard InChI is InChI=1S/C16H16O3.C8H9BO4/c1-11-13(10-17)3-2-4-14(11)12-5-6-15-16(9-12)19-8-7-18-15;10-9(11)6-1-2-7-8(5-6)13-4-3-12-7/h2-6,9,17H,7-8,10H2,1H3;1-2,5,10-11H,3-4H2. The molecule has 0 spiro atoms. The van der Waals surface area contributed by atoms with Crippen molar-refractivity contribution in [1.82, 2.24) is 0 Å². The number of ether oxygens (including phenoxy) is 4. The average Bonchev–Trinajstić information content (AvgIpc) is 2.84. The van der Waals surface area contributed by atoms with Crippen LogP contribution in [0.1, 0.15) is 11.1 Å².